The summed E-state index contributed by atoms with van der Waals surface area (Å²) in [4.78, 5) is 0. The average Bonchev–Trinajstić information content (AvgIpc) is 2.55. The first-order valence-corrected chi connectivity index (χ1v) is 8.65. The number of fused-ring (bicyclic) bond motifs is 1. The van der Waals surface area contributed by atoms with Gasteiger partial charge in [-0.05, 0) is 74.9 Å². The van der Waals surface area contributed by atoms with Crippen LogP contribution in [0.25, 0.3) is 10.8 Å². The van der Waals surface area contributed by atoms with Crippen molar-refractivity contribution in [2.24, 2.45) is 0 Å². The highest BCUT2D eigenvalue weighted by molar-refractivity contribution is 5.87. The Hall–Kier alpha value is -2.68. The van der Waals surface area contributed by atoms with Crippen molar-refractivity contribution in [3.8, 4) is 23.0 Å². The van der Waals surface area contributed by atoms with Crippen LogP contribution in [0.2, 0.25) is 0 Å². The van der Waals surface area contributed by atoms with Crippen LogP contribution < -0.4 is 14.2 Å². The molecule has 0 unspecified atom stereocenters. The van der Waals surface area contributed by atoms with Gasteiger partial charge in [-0.2, -0.15) is 0 Å². The van der Waals surface area contributed by atoms with Crippen LogP contribution in [-0.2, 0) is 0 Å². The van der Waals surface area contributed by atoms with E-state index in [0.29, 0.717) is 5.75 Å². The average molecular weight is 336 g/mol. The smallest absolute Gasteiger partial charge is 0.169 e. The van der Waals surface area contributed by atoms with Crippen molar-refractivity contribution in [2.75, 3.05) is 0 Å². The molecule has 0 aliphatic rings. The molecule has 3 heteroatoms. The van der Waals surface area contributed by atoms with Crippen LogP contribution in [0, 0.1) is 0 Å². The Balaban J connectivity index is 2.03. The Morgan fingerprint density at radius 2 is 1.28 bits per heavy atom. The van der Waals surface area contributed by atoms with Crippen LogP contribution in [0.4, 0.5) is 0 Å². The van der Waals surface area contributed by atoms with Gasteiger partial charge in [0.15, 0.2) is 11.5 Å². The monoisotopic (exact) mass is 336 g/mol. The summed E-state index contributed by atoms with van der Waals surface area (Å²) in [6.07, 6.45) is 0.208. The number of rotatable bonds is 6. The lowest BCUT2D eigenvalue weighted by atomic mass is 10.1. The van der Waals surface area contributed by atoms with Crippen molar-refractivity contribution in [3.05, 3.63) is 60.7 Å². The van der Waals surface area contributed by atoms with Crippen molar-refractivity contribution in [3.63, 3.8) is 0 Å². The lowest BCUT2D eigenvalue weighted by Crippen LogP contribution is -2.07. The molecule has 0 aliphatic heterocycles. The topological polar surface area (TPSA) is 27.7 Å². The first-order valence-electron chi connectivity index (χ1n) is 8.65. The molecule has 0 radical (unpaired) electrons. The summed E-state index contributed by atoms with van der Waals surface area (Å²) in [7, 11) is 0. The normalized spacial score (nSPS) is 11.1. The van der Waals surface area contributed by atoms with E-state index < -0.39 is 0 Å². The van der Waals surface area contributed by atoms with Gasteiger partial charge in [-0.3, -0.25) is 0 Å². The van der Waals surface area contributed by atoms with Crippen LogP contribution in [0.5, 0.6) is 23.0 Å². The second kappa shape index (κ2) is 7.47. The minimum absolute atomic E-state index is 0.0686. The molecule has 0 aliphatic carbocycles. The molecule has 0 amide bonds. The Morgan fingerprint density at radius 1 is 0.600 bits per heavy atom. The van der Waals surface area contributed by atoms with Crippen LogP contribution in [-0.4, -0.2) is 12.2 Å². The van der Waals surface area contributed by atoms with Crippen molar-refractivity contribution in [1.82, 2.24) is 0 Å². The minimum atomic E-state index is 0.0686. The summed E-state index contributed by atoms with van der Waals surface area (Å²) in [6.45, 7) is 8.06. The van der Waals surface area contributed by atoms with E-state index in [-0.39, 0.29) is 12.2 Å². The summed E-state index contributed by atoms with van der Waals surface area (Å²) >= 11 is 0. The van der Waals surface area contributed by atoms with E-state index in [4.69, 9.17) is 14.2 Å². The van der Waals surface area contributed by atoms with Crippen molar-refractivity contribution in [2.45, 2.75) is 39.9 Å². The Labute approximate surface area is 149 Å². The van der Waals surface area contributed by atoms with Gasteiger partial charge in [-0.15, -0.1) is 0 Å². The first kappa shape index (κ1) is 17.2. The molecule has 0 bridgehead atoms. The van der Waals surface area contributed by atoms with Crippen molar-refractivity contribution in [1.29, 1.82) is 0 Å². The highest BCUT2D eigenvalue weighted by atomic mass is 16.5. The molecule has 25 heavy (non-hydrogen) atoms. The molecular weight excluding hydrogens is 312 g/mol. The van der Waals surface area contributed by atoms with Crippen LogP contribution >= 0.6 is 0 Å². The zero-order valence-corrected chi connectivity index (χ0v) is 15.2. The number of hydrogen-bond acceptors (Lipinski definition) is 3. The summed E-state index contributed by atoms with van der Waals surface area (Å²) in [6, 6.07) is 19.8. The largest absolute Gasteiger partial charge is 0.491 e. The quantitative estimate of drug-likeness (QED) is 0.536. The molecule has 0 saturated heterocycles. The number of para-hydroxylation sites is 1. The molecule has 0 atom stereocenters. The van der Waals surface area contributed by atoms with E-state index in [0.717, 1.165) is 28.0 Å². The molecule has 3 nitrogen and oxygen atoms in total. The van der Waals surface area contributed by atoms with E-state index in [9.17, 15) is 0 Å². The Morgan fingerprint density at radius 3 is 1.96 bits per heavy atom. The van der Waals surface area contributed by atoms with E-state index >= 15 is 0 Å². The predicted octanol–water partition coefficient (Wildman–Crippen LogP) is 6.21. The van der Waals surface area contributed by atoms with E-state index in [1.54, 1.807) is 0 Å². The lowest BCUT2D eigenvalue weighted by molar-refractivity contribution is 0.234. The summed E-state index contributed by atoms with van der Waals surface area (Å²) in [5.74, 6) is 3.08. The maximum atomic E-state index is 6.07. The van der Waals surface area contributed by atoms with Crippen LogP contribution in [0.3, 0.4) is 0 Å². The zero-order valence-electron chi connectivity index (χ0n) is 15.2. The minimum Gasteiger partial charge on any atom is -0.491 e. The van der Waals surface area contributed by atoms with Gasteiger partial charge in [-0.1, -0.05) is 24.3 Å². The third-order valence-corrected chi connectivity index (χ3v) is 3.58. The SMILES string of the molecule is CC(C)Oc1ccc2cc(OC(C)C)c(Oc3ccccc3)cc2c1. The summed E-state index contributed by atoms with van der Waals surface area (Å²) in [5, 5.41) is 2.15. The maximum Gasteiger partial charge on any atom is 0.169 e. The summed E-state index contributed by atoms with van der Waals surface area (Å²) in [5.41, 5.74) is 0. The highest BCUT2D eigenvalue weighted by Gasteiger charge is 2.11. The standard InChI is InChI=1S/C22H24O3/c1-15(2)23-20-11-10-17-13-21(24-16(3)4)22(14-18(17)12-20)25-19-8-6-5-7-9-19/h5-16H,1-4H3. The second-order valence-corrected chi connectivity index (χ2v) is 6.56. The zero-order chi connectivity index (χ0) is 17.8. The molecule has 3 aromatic rings. The van der Waals surface area contributed by atoms with Crippen LogP contribution in [0.1, 0.15) is 27.7 Å². The Bertz CT molecular complexity index is 839. The number of ether oxygens (including phenoxy) is 3. The molecule has 3 rings (SSSR count). The van der Waals surface area contributed by atoms with E-state index in [1.807, 2.05) is 88.4 Å². The fourth-order valence-electron chi connectivity index (χ4n) is 2.62. The lowest BCUT2D eigenvalue weighted by Gasteiger charge is -2.17. The van der Waals surface area contributed by atoms with Gasteiger partial charge < -0.3 is 14.2 Å². The van der Waals surface area contributed by atoms with Gasteiger partial charge in [0.2, 0.25) is 0 Å². The third-order valence-electron chi connectivity index (χ3n) is 3.58. The van der Waals surface area contributed by atoms with Crippen molar-refractivity contribution >= 4 is 10.8 Å². The third kappa shape index (κ3) is 4.44. The van der Waals surface area contributed by atoms with Crippen LogP contribution in [0.15, 0.2) is 60.7 Å². The van der Waals surface area contributed by atoms with Gasteiger partial charge in [-0.25, -0.2) is 0 Å². The molecule has 3 aromatic carbocycles. The van der Waals surface area contributed by atoms with Gasteiger partial charge in [0.05, 0.1) is 12.2 Å². The van der Waals surface area contributed by atoms with Gasteiger partial charge in [0, 0.05) is 0 Å². The first-order chi connectivity index (χ1) is 12.0. The fraction of sp³-hybridized carbons (Fsp3) is 0.273. The van der Waals surface area contributed by atoms with Gasteiger partial charge >= 0.3 is 0 Å². The van der Waals surface area contributed by atoms with Gasteiger partial charge in [0.1, 0.15) is 11.5 Å². The Kier molecular flexibility index (Phi) is 5.13. The number of hydrogen-bond donors (Lipinski definition) is 0. The number of benzene rings is 3. The molecule has 0 N–H and O–H groups in total. The molecule has 0 aromatic heterocycles. The molecule has 0 saturated carbocycles. The predicted molar refractivity (Wildman–Crippen MR) is 102 cm³/mol. The fourth-order valence-corrected chi connectivity index (χ4v) is 2.62. The molecule has 0 spiro atoms. The molecule has 0 heterocycles. The molecule has 130 valence electrons. The maximum absolute atomic E-state index is 6.07. The molecule has 0 fully saturated rings. The van der Waals surface area contributed by atoms with Gasteiger partial charge in [0.25, 0.3) is 0 Å². The summed E-state index contributed by atoms with van der Waals surface area (Å²) < 4.78 is 17.8. The molecular formula is C22H24O3. The van der Waals surface area contributed by atoms with E-state index in [1.165, 1.54) is 0 Å². The van der Waals surface area contributed by atoms with E-state index in [2.05, 4.69) is 0 Å². The highest BCUT2D eigenvalue weighted by Crippen LogP contribution is 2.37. The van der Waals surface area contributed by atoms with Crippen molar-refractivity contribution < 1.29 is 14.2 Å². The second-order valence-electron chi connectivity index (χ2n) is 6.56.